The summed E-state index contributed by atoms with van der Waals surface area (Å²) in [6, 6.07) is 0. The summed E-state index contributed by atoms with van der Waals surface area (Å²) in [7, 11) is 0. The Hall–Kier alpha value is -0.460. The zero-order chi connectivity index (χ0) is 13.5. The quantitative estimate of drug-likeness (QED) is 0.263. The van der Waals surface area contributed by atoms with Crippen molar-refractivity contribution >= 4 is 0 Å². The van der Waals surface area contributed by atoms with E-state index in [0.717, 1.165) is 12.4 Å². The van der Waals surface area contributed by atoms with Crippen molar-refractivity contribution in [2.75, 3.05) is 6.61 Å². The SMILES string of the molecule is C=C(C)OCCCCCCCCCCCCCC. The van der Waals surface area contributed by atoms with Crippen LogP contribution in [0.25, 0.3) is 0 Å². The van der Waals surface area contributed by atoms with Gasteiger partial charge in [0, 0.05) is 0 Å². The first-order valence-electron chi connectivity index (χ1n) is 8.05. The van der Waals surface area contributed by atoms with Crippen LogP contribution in [-0.4, -0.2) is 6.61 Å². The molecule has 1 nitrogen and oxygen atoms in total. The lowest BCUT2D eigenvalue weighted by molar-refractivity contribution is 0.208. The summed E-state index contributed by atoms with van der Waals surface area (Å²) in [5, 5.41) is 0. The third kappa shape index (κ3) is 15.5. The van der Waals surface area contributed by atoms with E-state index in [4.69, 9.17) is 4.74 Å². The fourth-order valence-corrected chi connectivity index (χ4v) is 2.19. The van der Waals surface area contributed by atoms with E-state index < -0.39 is 0 Å². The summed E-state index contributed by atoms with van der Waals surface area (Å²) in [5.74, 6) is 0.845. The van der Waals surface area contributed by atoms with E-state index in [2.05, 4.69) is 13.5 Å². The van der Waals surface area contributed by atoms with Gasteiger partial charge in [-0.05, 0) is 13.3 Å². The second-order valence-electron chi connectivity index (χ2n) is 5.44. The monoisotopic (exact) mass is 254 g/mol. The van der Waals surface area contributed by atoms with Crippen LogP contribution in [0.2, 0.25) is 0 Å². The molecule has 0 bridgehead atoms. The van der Waals surface area contributed by atoms with Crippen LogP contribution >= 0.6 is 0 Å². The fourth-order valence-electron chi connectivity index (χ4n) is 2.19. The largest absolute Gasteiger partial charge is 0.499 e. The molecule has 0 aliphatic carbocycles. The minimum absolute atomic E-state index is 0.845. The van der Waals surface area contributed by atoms with Crippen LogP contribution in [0.1, 0.15) is 90.9 Å². The zero-order valence-corrected chi connectivity index (χ0v) is 12.8. The molecule has 0 amide bonds. The maximum atomic E-state index is 5.34. The van der Waals surface area contributed by atoms with E-state index in [-0.39, 0.29) is 0 Å². The zero-order valence-electron chi connectivity index (χ0n) is 12.8. The lowest BCUT2D eigenvalue weighted by atomic mass is 10.1. The highest BCUT2D eigenvalue weighted by Gasteiger charge is 1.93. The second kappa shape index (κ2) is 14.6. The Labute approximate surface area is 115 Å². The molecule has 108 valence electrons. The van der Waals surface area contributed by atoms with E-state index in [0.29, 0.717) is 0 Å². The number of rotatable bonds is 14. The van der Waals surface area contributed by atoms with Gasteiger partial charge in [-0.1, -0.05) is 84.1 Å². The van der Waals surface area contributed by atoms with Crippen LogP contribution in [0.15, 0.2) is 12.3 Å². The number of hydrogen-bond donors (Lipinski definition) is 0. The van der Waals surface area contributed by atoms with Crippen molar-refractivity contribution in [3.63, 3.8) is 0 Å². The third-order valence-electron chi connectivity index (χ3n) is 3.35. The molecule has 0 spiro atoms. The Bertz CT molecular complexity index is 174. The van der Waals surface area contributed by atoms with E-state index in [1.807, 2.05) is 6.92 Å². The van der Waals surface area contributed by atoms with Gasteiger partial charge in [0.05, 0.1) is 12.4 Å². The molecule has 18 heavy (non-hydrogen) atoms. The van der Waals surface area contributed by atoms with Crippen molar-refractivity contribution in [2.24, 2.45) is 0 Å². The molecule has 0 heterocycles. The molecule has 0 unspecified atom stereocenters. The smallest absolute Gasteiger partial charge is 0.0876 e. The average molecular weight is 254 g/mol. The van der Waals surface area contributed by atoms with Crippen LogP contribution in [0.5, 0.6) is 0 Å². The Morgan fingerprint density at radius 1 is 0.722 bits per heavy atom. The highest BCUT2D eigenvalue weighted by atomic mass is 16.5. The van der Waals surface area contributed by atoms with Crippen LogP contribution in [0, 0.1) is 0 Å². The van der Waals surface area contributed by atoms with Gasteiger partial charge in [0.2, 0.25) is 0 Å². The fraction of sp³-hybridized carbons (Fsp3) is 0.882. The Kier molecular flexibility index (Phi) is 14.2. The molecule has 0 saturated carbocycles. The summed E-state index contributed by atoms with van der Waals surface area (Å²) >= 11 is 0. The standard InChI is InChI=1S/C17H34O/c1-4-5-6-7-8-9-10-11-12-13-14-15-16-18-17(2)3/h2,4-16H2,1,3H3. The molecule has 0 aromatic heterocycles. The van der Waals surface area contributed by atoms with Crippen molar-refractivity contribution < 1.29 is 4.74 Å². The van der Waals surface area contributed by atoms with Gasteiger partial charge in [-0.3, -0.25) is 0 Å². The molecule has 0 aromatic carbocycles. The van der Waals surface area contributed by atoms with E-state index in [1.165, 1.54) is 77.0 Å². The summed E-state index contributed by atoms with van der Waals surface area (Å²) in [4.78, 5) is 0. The number of ether oxygens (including phenoxy) is 1. The molecule has 1 heteroatoms. The highest BCUT2D eigenvalue weighted by molar-refractivity contribution is 4.73. The Balaban J connectivity index is 2.92. The molecule has 0 N–H and O–H groups in total. The first-order valence-corrected chi connectivity index (χ1v) is 8.05. The van der Waals surface area contributed by atoms with Crippen molar-refractivity contribution in [3.8, 4) is 0 Å². The Morgan fingerprint density at radius 2 is 1.11 bits per heavy atom. The van der Waals surface area contributed by atoms with Gasteiger partial charge in [0.25, 0.3) is 0 Å². The van der Waals surface area contributed by atoms with Gasteiger partial charge in [0.15, 0.2) is 0 Å². The van der Waals surface area contributed by atoms with Crippen LogP contribution < -0.4 is 0 Å². The number of hydrogen-bond acceptors (Lipinski definition) is 1. The summed E-state index contributed by atoms with van der Waals surface area (Å²) < 4.78 is 5.34. The highest BCUT2D eigenvalue weighted by Crippen LogP contribution is 2.12. The lowest BCUT2D eigenvalue weighted by Gasteiger charge is -2.05. The predicted octanol–water partition coefficient (Wildman–Crippen LogP) is 6.24. The molecule has 0 aliphatic heterocycles. The summed E-state index contributed by atoms with van der Waals surface area (Å²) in [5.41, 5.74) is 0. The molecule has 0 rings (SSSR count). The van der Waals surface area contributed by atoms with E-state index >= 15 is 0 Å². The van der Waals surface area contributed by atoms with Gasteiger partial charge in [0.1, 0.15) is 0 Å². The second-order valence-corrected chi connectivity index (χ2v) is 5.44. The average Bonchev–Trinajstić information content (AvgIpc) is 2.34. The van der Waals surface area contributed by atoms with Crippen molar-refractivity contribution in [3.05, 3.63) is 12.3 Å². The van der Waals surface area contributed by atoms with Gasteiger partial charge >= 0.3 is 0 Å². The molecule has 0 fully saturated rings. The third-order valence-corrected chi connectivity index (χ3v) is 3.35. The van der Waals surface area contributed by atoms with E-state index in [9.17, 15) is 0 Å². The minimum Gasteiger partial charge on any atom is -0.499 e. The molecule has 0 aromatic rings. The summed E-state index contributed by atoms with van der Waals surface area (Å²) in [6.45, 7) is 8.78. The van der Waals surface area contributed by atoms with Gasteiger partial charge in [-0.2, -0.15) is 0 Å². The van der Waals surface area contributed by atoms with Crippen LogP contribution in [0.3, 0.4) is 0 Å². The molecule has 0 atom stereocenters. The molecular weight excluding hydrogens is 220 g/mol. The number of allylic oxidation sites excluding steroid dienone is 1. The van der Waals surface area contributed by atoms with Gasteiger partial charge in [-0.25, -0.2) is 0 Å². The van der Waals surface area contributed by atoms with Crippen molar-refractivity contribution in [1.29, 1.82) is 0 Å². The van der Waals surface area contributed by atoms with E-state index in [1.54, 1.807) is 0 Å². The van der Waals surface area contributed by atoms with Gasteiger partial charge < -0.3 is 4.74 Å². The molecular formula is C17H34O. The minimum atomic E-state index is 0.845. The first kappa shape index (κ1) is 17.5. The van der Waals surface area contributed by atoms with Crippen LogP contribution in [-0.2, 0) is 4.74 Å². The predicted molar refractivity (Wildman–Crippen MR) is 81.8 cm³/mol. The van der Waals surface area contributed by atoms with Crippen molar-refractivity contribution in [2.45, 2.75) is 90.9 Å². The molecule has 0 aliphatic rings. The topological polar surface area (TPSA) is 9.23 Å². The maximum Gasteiger partial charge on any atom is 0.0876 e. The Morgan fingerprint density at radius 3 is 1.50 bits per heavy atom. The normalized spacial score (nSPS) is 10.6. The molecule has 0 radical (unpaired) electrons. The van der Waals surface area contributed by atoms with Crippen molar-refractivity contribution in [1.82, 2.24) is 0 Å². The lowest BCUT2D eigenvalue weighted by Crippen LogP contribution is -1.91. The molecule has 0 saturated heterocycles. The maximum absolute atomic E-state index is 5.34. The van der Waals surface area contributed by atoms with Gasteiger partial charge in [-0.15, -0.1) is 0 Å². The summed E-state index contributed by atoms with van der Waals surface area (Å²) in [6.07, 6.45) is 16.7. The number of unbranched alkanes of at least 4 members (excludes halogenated alkanes) is 11. The first-order chi connectivity index (χ1) is 8.77. The van der Waals surface area contributed by atoms with Crippen LogP contribution in [0.4, 0.5) is 0 Å².